The van der Waals surface area contributed by atoms with Crippen molar-refractivity contribution in [1.82, 2.24) is 9.55 Å². The first-order chi connectivity index (χ1) is 22.4. The Morgan fingerprint density at radius 3 is 1.68 bits per heavy atom. The molecule has 14 heteroatoms. The van der Waals surface area contributed by atoms with Crippen LogP contribution in [0.4, 0.5) is 4.39 Å². The second-order valence-corrected chi connectivity index (χ2v) is 12.6. The molecule has 0 spiro atoms. The van der Waals surface area contributed by atoms with Crippen molar-refractivity contribution in [2.45, 2.75) is 159 Å². The van der Waals surface area contributed by atoms with Gasteiger partial charge in [-0.2, -0.15) is 4.39 Å². The van der Waals surface area contributed by atoms with E-state index in [0.29, 0.717) is 49.3 Å². The van der Waals surface area contributed by atoms with Crippen LogP contribution in [0.2, 0.25) is 0 Å². The molecule has 0 amide bonds. The number of ether oxygens (including phenoxy) is 1. The molecule has 0 aliphatic carbocycles. The number of Topliss-reactive ketones (excluding diaryl/α,β-unsaturated/α-hetero) is 2. The number of carbonyl (C=O) groups is 4. The maximum Gasteiger partial charge on any atom is 0.330 e. The van der Waals surface area contributed by atoms with Crippen LogP contribution in [0.15, 0.2) is 15.8 Å². The summed E-state index contributed by atoms with van der Waals surface area (Å²) >= 11 is 0. The van der Waals surface area contributed by atoms with Crippen LogP contribution >= 0.6 is 0 Å². The summed E-state index contributed by atoms with van der Waals surface area (Å²) in [7, 11) is 0. The van der Waals surface area contributed by atoms with Gasteiger partial charge in [0.1, 0.15) is 18.4 Å². The van der Waals surface area contributed by atoms with Crippen molar-refractivity contribution in [3.8, 4) is 0 Å². The molecule has 2 heterocycles. The van der Waals surface area contributed by atoms with E-state index in [2.05, 4.69) is 0 Å². The number of hydrogen-bond donors (Lipinski definition) is 5. The Balaban J connectivity index is 1.92. The zero-order valence-electron chi connectivity index (χ0n) is 27.1. The highest BCUT2D eigenvalue weighted by molar-refractivity contribution is 5.91. The summed E-state index contributed by atoms with van der Waals surface area (Å²) in [6.07, 6.45) is 7.72. The van der Waals surface area contributed by atoms with E-state index in [1.54, 1.807) is 4.98 Å². The normalized spacial score (nSPS) is 19.9. The van der Waals surface area contributed by atoms with Gasteiger partial charge < -0.3 is 25.2 Å². The summed E-state index contributed by atoms with van der Waals surface area (Å²) in [5.41, 5.74) is -4.63. The molecule has 1 aliphatic heterocycles. The van der Waals surface area contributed by atoms with Crippen LogP contribution in [0.1, 0.15) is 141 Å². The Labute approximate surface area is 273 Å². The lowest BCUT2D eigenvalue weighted by Crippen LogP contribution is -2.53. The van der Waals surface area contributed by atoms with E-state index in [4.69, 9.17) is 14.9 Å². The lowest BCUT2D eigenvalue weighted by Gasteiger charge is -2.29. The largest absolute Gasteiger partial charge is 0.481 e. The summed E-state index contributed by atoms with van der Waals surface area (Å²) in [6.45, 7) is 0. The quantitative estimate of drug-likeness (QED) is 0.0883. The molecule has 1 fully saturated rings. The number of nitrogens with zero attached hydrogens (tertiary/aromatic N) is 1. The second kappa shape index (κ2) is 20.9. The fourth-order valence-electron chi connectivity index (χ4n) is 5.95. The lowest BCUT2D eigenvalue weighted by atomic mass is 9.83. The highest BCUT2D eigenvalue weighted by Gasteiger charge is 2.56. The van der Waals surface area contributed by atoms with Gasteiger partial charge in [-0.1, -0.05) is 77.0 Å². The number of aliphatic hydroxyl groups is 2. The van der Waals surface area contributed by atoms with Crippen molar-refractivity contribution >= 4 is 23.5 Å². The van der Waals surface area contributed by atoms with Gasteiger partial charge in [-0.05, 0) is 25.7 Å². The summed E-state index contributed by atoms with van der Waals surface area (Å²) in [5.74, 6) is -4.21. The minimum absolute atomic E-state index is 0.0296. The maximum atomic E-state index is 14.0. The third-order valence-electron chi connectivity index (χ3n) is 8.70. The lowest BCUT2D eigenvalue weighted by molar-refractivity contribution is -0.160. The molecule has 4 atom stereocenters. The number of halogens is 1. The van der Waals surface area contributed by atoms with Gasteiger partial charge in [-0.3, -0.25) is 33.5 Å². The van der Waals surface area contributed by atoms with Gasteiger partial charge in [0, 0.05) is 32.1 Å². The minimum Gasteiger partial charge on any atom is -0.481 e. The van der Waals surface area contributed by atoms with Gasteiger partial charge in [-0.15, -0.1) is 0 Å². The van der Waals surface area contributed by atoms with E-state index in [9.17, 15) is 43.4 Å². The van der Waals surface area contributed by atoms with Gasteiger partial charge in [0.05, 0.1) is 6.20 Å². The molecule has 1 aromatic rings. The monoisotopic (exact) mass is 670 g/mol. The number of hydrogen-bond acceptors (Lipinski definition) is 9. The zero-order chi connectivity index (χ0) is 34.8. The van der Waals surface area contributed by atoms with Crippen LogP contribution in [-0.4, -0.2) is 71.3 Å². The number of aliphatic hydroxyl groups excluding tert-OH is 1. The smallest absolute Gasteiger partial charge is 0.330 e. The molecule has 13 nitrogen and oxygen atoms in total. The number of carboxylic acids is 2. The van der Waals surface area contributed by atoms with Crippen LogP contribution in [0.3, 0.4) is 0 Å². The number of H-pyrrole nitrogens is 1. The molecule has 1 saturated heterocycles. The number of carboxylic acid groups (broad SMARTS) is 2. The van der Waals surface area contributed by atoms with Crippen LogP contribution in [0.5, 0.6) is 0 Å². The van der Waals surface area contributed by atoms with E-state index < -0.39 is 71.0 Å². The molecule has 47 heavy (non-hydrogen) atoms. The summed E-state index contributed by atoms with van der Waals surface area (Å²) < 4.78 is 20.4. The molecule has 0 bridgehead atoms. The number of aliphatic carboxylic acids is 2. The molecule has 2 rings (SSSR count). The number of nitrogens with one attached hydrogen (secondary N) is 1. The maximum absolute atomic E-state index is 14.0. The molecular weight excluding hydrogens is 619 g/mol. The standard InChI is InChI=1S/C33H51FN2O11/c34-23-22-36(32(45)35-31(23)44)26-21-33(46,25(38)18-14-10-6-2-4-8-12-16-20-28(41)42)30(47-26)29(43)24(37)17-13-9-5-1-3-7-11-15-19-27(39)40/h22,26,29-30,43,46H,1-21H2,(H,39,40)(H,41,42)(H,35,44,45)/t26-,29-,30-,33-/m1/s1. The molecular formula is C33H51FN2O11. The summed E-state index contributed by atoms with van der Waals surface area (Å²) in [6, 6.07) is 0. The molecule has 266 valence electrons. The number of aromatic amines is 1. The SMILES string of the molecule is O=C(O)CCCCCCCCCCC(=O)[C@@H](O)[C@H]1O[C@@H](n2cc(F)c(=O)[nH]c2=O)C[C@@]1(O)C(=O)CCCCCCCCCCC(=O)O. The predicted octanol–water partition coefficient (Wildman–Crippen LogP) is 4.16. The van der Waals surface area contributed by atoms with E-state index >= 15 is 0 Å². The number of ketones is 2. The Kier molecular flexibility index (Phi) is 17.8. The van der Waals surface area contributed by atoms with E-state index in [1.165, 1.54) is 0 Å². The average molecular weight is 671 g/mol. The predicted molar refractivity (Wildman–Crippen MR) is 168 cm³/mol. The second-order valence-electron chi connectivity index (χ2n) is 12.6. The highest BCUT2D eigenvalue weighted by Crippen LogP contribution is 2.40. The van der Waals surface area contributed by atoms with Crippen molar-refractivity contribution in [3.05, 3.63) is 32.9 Å². The average Bonchev–Trinajstić information content (AvgIpc) is 3.37. The Hall–Kier alpha value is -3.23. The summed E-state index contributed by atoms with van der Waals surface area (Å²) in [4.78, 5) is 73.2. The van der Waals surface area contributed by atoms with Crippen molar-refractivity contribution in [2.75, 3.05) is 0 Å². The molecule has 1 aliphatic rings. The van der Waals surface area contributed by atoms with Gasteiger partial charge in [0.2, 0.25) is 5.82 Å². The fraction of sp³-hybridized carbons (Fsp3) is 0.758. The molecule has 5 N–H and O–H groups in total. The minimum atomic E-state index is -2.34. The number of carbonyl (C=O) groups excluding carboxylic acids is 2. The van der Waals surface area contributed by atoms with Gasteiger partial charge >= 0.3 is 17.6 Å². The van der Waals surface area contributed by atoms with E-state index in [0.717, 1.165) is 64.2 Å². The van der Waals surface area contributed by atoms with E-state index in [-0.39, 0.29) is 25.7 Å². The first-order valence-corrected chi connectivity index (χ1v) is 16.9. The highest BCUT2D eigenvalue weighted by atomic mass is 19.1. The molecule has 0 saturated carbocycles. The zero-order valence-corrected chi connectivity index (χ0v) is 27.1. The topological polar surface area (TPSA) is 213 Å². The van der Waals surface area contributed by atoms with Crippen LogP contribution in [0, 0.1) is 5.82 Å². The molecule has 0 radical (unpaired) electrons. The van der Waals surface area contributed by atoms with Crippen molar-refractivity contribution in [1.29, 1.82) is 0 Å². The van der Waals surface area contributed by atoms with Crippen molar-refractivity contribution in [3.63, 3.8) is 0 Å². The van der Waals surface area contributed by atoms with Crippen molar-refractivity contribution < 1.29 is 48.7 Å². The molecule has 1 aromatic heterocycles. The van der Waals surface area contributed by atoms with Crippen LogP contribution < -0.4 is 11.2 Å². The third kappa shape index (κ3) is 13.8. The Bertz CT molecular complexity index is 1280. The van der Waals surface area contributed by atoms with Gasteiger partial charge in [0.15, 0.2) is 17.2 Å². The number of aromatic nitrogens is 2. The Morgan fingerprint density at radius 2 is 1.21 bits per heavy atom. The van der Waals surface area contributed by atoms with Crippen LogP contribution in [-0.2, 0) is 23.9 Å². The number of rotatable bonds is 26. The molecule has 0 unspecified atom stereocenters. The van der Waals surface area contributed by atoms with Gasteiger partial charge in [-0.25, -0.2) is 4.79 Å². The summed E-state index contributed by atoms with van der Waals surface area (Å²) in [5, 5.41) is 39.9. The van der Waals surface area contributed by atoms with E-state index in [1.807, 2.05) is 0 Å². The van der Waals surface area contributed by atoms with Crippen molar-refractivity contribution in [2.24, 2.45) is 0 Å². The number of unbranched alkanes of at least 4 members (excludes halogenated alkanes) is 14. The molecule has 0 aromatic carbocycles. The van der Waals surface area contributed by atoms with Crippen LogP contribution in [0.25, 0.3) is 0 Å². The fourth-order valence-corrected chi connectivity index (χ4v) is 5.95. The van der Waals surface area contributed by atoms with Gasteiger partial charge in [0.25, 0.3) is 5.56 Å². The first-order valence-electron chi connectivity index (χ1n) is 16.9. The Morgan fingerprint density at radius 1 is 0.787 bits per heavy atom. The third-order valence-corrected chi connectivity index (χ3v) is 8.70. The first kappa shape index (κ1) is 39.9.